The van der Waals surface area contributed by atoms with E-state index in [4.69, 9.17) is 14.5 Å². The van der Waals surface area contributed by atoms with Crippen LogP contribution in [0, 0.1) is 0 Å². The summed E-state index contributed by atoms with van der Waals surface area (Å²) in [5.74, 6) is 0.501. The van der Waals surface area contributed by atoms with E-state index in [0.717, 1.165) is 34.5 Å². The summed E-state index contributed by atoms with van der Waals surface area (Å²) in [6, 6.07) is 17.2. The molecular formula is C23H25N2O3+. The van der Waals surface area contributed by atoms with E-state index in [1.165, 1.54) is 30.8 Å². The van der Waals surface area contributed by atoms with Gasteiger partial charge in [0.15, 0.2) is 0 Å². The van der Waals surface area contributed by atoms with Crippen LogP contribution in [0.3, 0.4) is 0 Å². The fourth-order valence-electron chi connectivity index (χ4n) is 3.74. The number of ether oxygens (including phenoxy) is 2. The zero-order valence-electron chi connectivity index (χ0n) is 16.1. The molecule has 1 aliphatic rings. The largest absolute Gasteiger partial charge is 0.497 e. The number of rotatable bonds is 6. The molecule has 0 radical (unpaired) electrons. The fraction of sp³-hybridized carbons (Fsp3) is 0.304. The third kappa shape index (κ3) is 3.99. The summed E-state index contributed by atoms with van der Waals surface area (Å²) >= 11 is 0. The van der Waals surface area contributed by atoms with E-state index in [0.29, 0.717) is 12.2 Å². The number of quaternary nitrogens is 1. The number of benzene rings is 2. The van der Waals surface area contributed by atoms with E-state index in [9.17, 15) is 4.79 Å². The average Bonchev–Trinajstić information content (AvgIpc) is 3.26. The molecule has 1 saturated heterocycles. The zero-order chi connectivity index (χ0) is 19.3. The quantitative estimate of drug-likeness (QED) is 0.671. The number of carbonyl (C=O) groups is 1. The molecule has 1 N–H and O–H groups in total. The highest BCUT2D eigenvalue weighted by atomic mass is 16.5. The number of para-hydroxylation sites is 1. The second kappa shape index (κ2) is 8.40. The molecule has 0 amide bonds. The predicted molar refractivity (Wildman–Crippen MR) is 109 cm³/mol. The summed E-state index contributed by atoms with van der Waals surface area (Å²) in [6.45, 7) is 3.68. The van der Waals surface area contributed by atoms with Gasteiger partial charge >= 0.3 is 5.97 Å². The maximum atomic E-state index is 12.8. The van der Waals surface area contributed by atoms with Crippen LogP contribution in [-0.2, 0) is 4.74 Å². The SMILES string of the molecule is COc1ccc(-c2cc(C(=O)OCC[NH+]3CCCC3)c3ccccc3n2)cc1. The van der Waals surface area contributed by atoms with Gasteiger partial charge in [-0.3, -0.25) is 0 Å². The van der Waals surface area contributed by atoms with Gasteiger partial charge in [0.2, 0.25) is 0 Å². The van der Waals surface area contributed by atoms with Crippen LogP contribution in [0.2, 0.25) is 0 Å². The van der Waals surface area contributed by atoms with Crippen LogP contribution >= 0.6 is 0 Å². The number of methoxy groups -OCH3 is 1. The van der Waals surface area contributed by atoms with Gasteiger partial charge in [0.1, 0.15) is 18.9 Å². The van der Waals surface area contributed by atoms with Gasteiger partial charge in [-0.05, 0) is 36.4 Å². The van der Waals surface area contributed by atoms with Crippen LogP contribution in [-0.4, -0.2) is 44.3 Å². The van der Waals surface area contributed by atoms with Gasteiger partial charge in [-0.25, -0.2) is 9.78 Å². The van der Waals surface area contributed by atoms with Crippen molar-refractivity contribution in [3.63, 3.8) is 0 Å². The molecule has 2 heterocycles. The van der Waals surface area contributed by atoms with Crippen LogP contribution < -0.4 is 9.64 Å². The minimum absolute atomic E-state index is 0.285. The molecule has 2 aromatic carbocycles. The molecule has 0 atom stereocenters. The number of nitrogens with zero attached hydrogens (tertiary/aromatic N) is 1. The Labute approximate surface area is 164 Å². The Morgan fingerprint density at radius 2 is 1.82 bits per heavy atom. The fourth-order valence-corrected chi connectivity index (χ4v) is 3.74. The molecule has 0 spiro atoms. The summed E-state index contributed by atoms with van der Waals surface area (Å²) in [7, 11) is 1.64. The number of fused-ring (bicyclic) bond motifs is 1. The predicted octanol–water partition coefficient (Wildman–Crippen LogP) is 2.75. The monoisotopic (exact) mass is 377 g/mol. The molecule has 0 bridgehead atoms. The van der Waals surface area contributed by atoms with E-state index in [2.05, 4.69) is 0 Å². The van der Waals surface area contributed by atoms with Crippen LogP contribution in [0.5, 0.6) is 5.75 Å². The number of hydrogen-bond donors (Lipinski definition) is 1. The van der Waals surface area contributed by atoms with E-state index >= 15 is 0 Å². The van der Waals surface area contributed by atoms with Crippen molar-refractivity contribution in [1.29, 1.82) is 0 Å². The Morgan fingerprint density at radius 3 is 2.57 bits per heavy atom. The first-order valence-corrected chi connectivity index (χ1v) is 9.79. The lowest BCUT2D eigenvalue weighted by molar-refractivity contribution is -0.887. The number of aromatic nitrogens is 1. The first kappa shape index (κ1) is 18.4. The lowest BCUT2D eigenvalue weighted by Gasteiger charge is -2.13. The van der Waals surface area contributed by atoms with Crippen molar-refractivity contribution in [1.82, 2.24) is 4.98 Å². The zero-order valence-corrected chi connectivity index (χ0v) is 16.1. The van der Waals surface area contributed by atoms with Crippen molar-refractivity contribution in [3.05, 3.63) is 60.2 Å². The second-order valence-electron chi connectivity index (χ2n) is 7.14. The highest BCUT2D eigenvalue weighted by Crippen LogP contribution is 2.26. The molecule has 3 aromatic rings. The van der Waals surface area contributed by atoms with Crippen molar-refractivity contribution >= 4 is 16.9 Å². The maximum absolute atomic E-state index is 12.8. The Bertz CT molecular complexity index is 963. The summed E-state index contributed by atoms with van der Waals surface area (Å²) in [5, 5.41) is 0.818. The highest BCUT2D eigenvalue weighted by molar-refractivity contribution is 6.04. The third-order valence-electron chi connectivity index (χ3n) is 5.32. The first-order chi connectivity index (χ1) is 13.7. The molecular weight excluding hydrogens is 352 g/mol. The Kier molecular flexibility index (Phi) is 5.53. The number of likely N-dealkylation sites (tertiary alicyclic amines) is 1. The minimum atomic E-state index is -0.285. The normalized spacial score (nSPS) is 14.3. The molecule has 1 aromatic heterocycles. The van der Waals surface area contributed by atoms with Crippen molar-refractivity contribution in [3.8, 4) is 17.0 Å². The standard InChI is InChI=1S/C23H24N2O3/c1-27-18-10-8-17(9-11-18)22-16-20(19-6-2-3-7-21(19)24-22)23(26)28-15-14-25-12-4-5-13-25/h2-3,6-11,16H,4-5,12-15H2,1H3/p+1. The first-order valence-electron chi connectivity index (χ1n) is 9.79. The van der Waals surface area contributed by atoms with Gasteiger partial charge in [-0.1, -0.05) is 18.2 Å². The van der Waals surface area contributed by atoms with Crippen LogP contribution in [0.1, 0.15) is 23.2 Å². The van der Waals surface area contributed by atoms with E-state index in [-0.39, 0.29) is 5.97 Å². The Morgan fingerprint density at radius 1 is 1.07 bits per heavy atom. The molecule has 0 unspecified atom stereocenters. The molecule has 1 fully saturated rings. The maximum Gasteiger partial charge on any atom is 0.339 e. The summed E-state index contributed by atoms with van der Waals surface area (Å²) in [5.41, 5.74) is 3.03. The van der Waals surface area contributed by atoms with Gasteiger partial charge in [-0.2, -0.15) is 0 Å². The van der Waals surface area contributed by atoms with Gasteiger partial charge in [0, 0.05) is 23.8 Å². The topological polar surface area (TPSA) is 52.9 Å². The van der Waals surface area contributed by atoms with Crippen LogP contribution in [0.15, 0.2) is 54.6 Å². The van der Waals surface area contributed by atoms with E-state index in [1.807, 2.05) is 54.6 Å². The van der Waals surface area contributed by atoms with Crippen molar-refractivity contribution < 1.29 is 19.2 Å². The second-order valence-corrected chi connectivity index (χ2v) is 7.14. The highest BCUT2D eigenvalue weighted by Gasteiger charge is 2.18. The summed E-state index contributed by atoms with van der Waals surface area (Å²) in [6.07, 6.45) is 2.53. The molecule has 5 heteroatoms. The lowest BCUT2D eigenvalue weighted by Crippen LogP contribution is -3.10. The minimum Gasteiger partial charge on any atom is -0.497 e. The molecule has 0 aliphatic carbocycles. The van der Waals surface area contributed by atoms with Crippen molar-refractivity contribution in [2.45, 2.75) is 12.8 Å². The molecule has 5 nitrogen and oxygen atoms in total. The lowest BCUT2D eigenvalue weighted by atomic mass is 10.0. The smallest absolute Gasteiger partial charge is 0.339 e. The van der Waals surface area contributed by atoms with Gasteiger partial charge < -0.3 is 14.4 Å². The van der Waals surface area contributed by atoms with Crippen molar-refractivity contribution in [2.24, 2.45) is 0 Å². The molecule has 0 saturated carbocycles. The van der Waals surface area contributed by atoms with Gasteiger partial charge in [0.25, 0.3) is 0 Å². The van der Waals surface area contributed by atoms with Crippen molar-refractivity contribution in [2.75, 3.05) is 33.4 Å². The number of nitrogens with one attached hydrogen (secondary N) is 1. The summed E-state index contributed by atoms with van der Waals surface area (Å²) < 4.78 is 10.8. The van der Waals surface area contributed by atoms with Crippen LogP contribution in [0.4, 0.5) is 0 Å². The Balaban J connectivity index is 1.60. The molecule has 1 aliphatic heterocycles. The number of esters is 1. The number of pyridine rings is 1. The average molecular weight is 377 g/mol. The number of carbonyl (C=O) groups excluding carboxylic acids is 1. The summed E-state index contributed by atoms with van der Waals surface area (Å²) in [4.78, 5) is 19.1. The third-order valence-corrected chi connectivity index (χ3v) is 5.32. The Hall–Kier alpha value is -2.92. The van der Waals surface area contributed by atoms with Gasteiger partial charge in [0.05, 0.1) is 37.0 Å². The van der Waals surface area contributed by atoms with E-state index in [1.54, 1.807) is 7.11 Å². The van der Waals surface area contributed by atoms with Gasteiger partial charge in [-0.15, -0.1) is 0 Å². The molecule has 4 rings (SSSR count). The number of hydrogen-bond acceptors (Lipinski definition) is 4. The van der Waals surface area contributed by atoms with Crippen LogP contribution in [0.25, 0.3) is 22.2 Å². The molecule has 28 heavy (non-hydrogen) atoms. The molecule has 144 valence electrons. The van der Waals surface area contributed by atoms with E-state index < -0.39 is 0 Å².